The Morgan fingerprint density at radius 3 is 0.836 bits per heavy atom. The minimum Gasteiger partial charge on any atom is -0.465 e. The van der Waals surface area contributed by atoms with Crippen molar-refractivity contribution >= 4 is 11.9 Å². The highest BCUT2D eigenvalue weighted by Gasteiger charge is 2.36. The molecule has 2 N–H and O–H groups in total. The van der Waals surface area contributed by atoms with Crippen molar-refractivity contribution in [2.45, 2.75) is 366 Å². The Kier molecular flexibility index (Phi) is 54.2. The number of rotatable bonds is 58. The van der Waals surface area contributed by atoms with Crippen LogP contribution in [-0.4, -0.2) is 48.6 Å². The summed E-state index contributed by atoms with van der Waals surface area (Å²) in [5, 5.41) is 19.2. The molecule has 1 unspecified atom stereocenters. The van der Waals surface area contributed by atoms with E-state index in [0.29, 0.717) is 6.42 Å². The molecule has 432 valence electrons. The van der Waals surface area contributed by atoms with E-state index in [-0.39, 0.29) is 19.6 Å². The molecule has 0 bridgehead atoms. The molecule has 1 rings (SSSR count). The molecule has 1 atom stereocenters. The molecule has 0 aromatic heterocycles. The van der Waals surface area contributed by atoms with Gasteiger partial charge in [-0.25, -0.2) is 0 Å². The first-order valence-corrected chi connectivity index (χ1v) is 33.3. The van der Waals surface area contributed by atoms with Gasteiger partial charge in [0.25, 0.3) is 0 Å². The van der Waals surface area contributed by atoms with Crippen LogP contribution in [0.2, 0.25) is 0 Å². The standard InChI is InChI=1S/C67H128O6/c1-2-3-4-5-6-7-8-9-10-11-12-13-14-15-16-17-18-19-20-21-22-23-24-25-26-27-28-29-30-31-32-33-34-35-36-37-38-39-40-41-42-43-44-45-46-47-48-49-50-51-52-53-54-55-56-57-58-64-59-65(70)72-62-67(60-68,61-69)63-73-66(64)71/h3-4,64,68-69H,2,5-63H2,1H3/b4-3+. The Balaban J connectivity index is 1.66. The zero-order valence-electron chi connectivity index (χ0n) is 49.2. The van der Waals surface area contributed by atoms with Crippen molar-refractivity contribution in [2.75, 3.05) is 26.4 Å². The third kappa shape index (κ3) is 48.7. The first-order valence-electron chi connectivity index (χ1n) is 33.3. The second-order valence-corrected chi connectivity index (χ2v) is 23.8. The number of carbonyl (C=O) groups is 2. The predicted molar refractivity (Wildman–Crippen MR) is 315 cm³/mol. The lowest BCUT2D eigenvalue weighted by Crippen LogP contribution is -2.40. The summed E-state index contributed by atoms with van der Waals surface area (Å²) >= 11 is 0. The van der Waals surface area contributed by atoms with Gasteiger partial charge in [0.1, 0.15) is 13.2 Å². The van der Waals surface area contributed by atoms with Gasteiger partial charge in [0, 0.05) is 0 Å². The zero-order valence-corrected chi connectivity index (χ0v) is 49.2. The maximum absolute atomic E-state index is 12.6. The number of ether oxygens (including phenoxy) is 2. The number of allylic oxidation sites excluding steroid dienone is 2. The number of hydrogen-bond donors (Lipinski definition) is 2. The van der Waals surface area contributed by atoms with E-state index in [4.69, 9.17) is 9.47 Å². The number of aliphatic hydroxyl groups excluding tert-OH is 2. The SMILES string of the molecule is CC/C=C/CCCCCCCCCCCCCCCCCCCCCCCCCCCCCCCCCCCCCCCCCCCCCCCCCCCCCCC1CC(=O)OCC(CO)(CO)COC1=O. The molecule has 6 heteroatoms. The second-order valence-electron chi connectivity index (χ2n) is 23.8. The molecule has 1 aliphatic rings. The molecule has 0 aliphatic carbocycles. The molecule has 0 aromatic carbocycles. The van der Waals surface area contributed by atoms with Gasteiger partial charge < -0.3 is 19.7 Å². The van der Waals surface area contributed by atoms with Gasteiger partial charge in [0.15, 0.2) is 0 Å². The molecule has 1 fully saturated rings. The summed E-state index contributed by atoms with van der Waals surface area (Å²) in [6, 6.07) is 0. The Morgan fingerprint density at radius 1 is 0.356 bits per heavy atom. The van der Waals surface area contributed by atoms with Crippen molar-refractivity contribution in [1.29, 1.82) is 0 Å². The van der Waals surface area contributed by atoms with E-state index in [0.717, 1.165) is 19.3 Å². The topological polar surface area (TPSA) is 93.1 Å². The Hall–Kier alpha value is -1.40. The molecular formula is C67H128O6. The van der Waals surface area contributed by atoms with Gasteiger partial charge in [-0.3, -0.25) is 9.59 Å². The van der Waals surface area contributed by atoms with Gasteiger partial charge in [-0.1, -0.05) is 347 Å². The number of hydrogen-bond acceptors (Lipinski definition) is 6. The first-order chi connectivity index (χ1) is 36.1. The van der Waals surface area contributed by atoms with E-state index in [1.54, 1.807) is 0 Å². The Morgan fingerprint density at radius 2 is 0.589 bits per heavy atom. The largest absolute Gasteiger partial charge is 0.465 e. The van der Waals surface area contributed by atoms with E-state index in [2.05, 4.69) is 19.1 Å². The van der Waals surface area contributed by atoms with Gasteiger partial charge >= 0.3 is 11.9 Å². The van der Waals surface area contributed by atoms with Crippen LogP contribution in [0.3, 0.4) is 0 Å². The second kappa shape index (κ2) is 56.8. The lowest BCUT2D eigenvalue weighted by molar-refractivity contribution is -0.155. The fourth-order valence-corrected chi connectivity index (χ4v) is 11.2. The van der Waals surface area contributed by atoms with Crippen LogP contribution in [-0.2, 0) is 19.1 Å². The summed E-state index contributed by atoms with van der Waals surface area (Å²) in [5.74, 6) is -1.40. The van der Waals surface area contributed by atoms with Crippen LogP contribution in [0.5, 0.6) is 0 Å². The van der Waals surface area contributed by atoms with Crippen molar-refractivity contribution < 1.29 is 29.3 Å². The van der Waals surface area contributed by atoms with Crippen LogP contribution in [0, 0.1) is 11.3 Å². The van der Waals surface area contributed by atoms with Crippen molar-refractivity contribution in [2.24, 2.45) is 11.3 Å². The molecule has 0 radical (unpaired) electrons. The lowest BCUT2D eigenvalue weighted by Gasteiger charge is -2.27. The lowest BCUT2D eigenvalue weighted by atomic mass is 9.92. The fraction of sp³-hybridized carbons (Fsp3) is 0.940. The molecule has 1 heterocycles. The van der Waals surface area contributed by atoms with Crippen molar-refractivity contribution in [3.8, 4) is 0 Å². The van der Waals surface area contributed by atoms with E-state index in [9.17, 15) is 19.8 Å². The van der Waals surface area contributed by atoms with E-state index in [1.807, 2.05) is 0 Å². The molecule has 0 aromatic rings. The fourth-order valence-electron chi connectivity index (χ4n) is 11.2. The summed E-state index contributed by atoms with van der Waals surface area (Å²) in [6.45, 7) is 1.13. The highest BCUT2D eigenvalue weighted by atomic mass is 16.6. The minimum absolute atomic E-state index is 0.00528. The van der Waals surface area contributed by atoms with Crippen molar-refractivity contribution in [3.05, 3.63) is 12.2 Å². The predicted octanol–water partition coefficient (Wildman–Crippen LogP) is 21.1. The van der Waals surface area contributed by atoms with Crippen LogP contribution in [0.15, 0.2) is 12.2 Å². The number of carbonyl (C=O) groups excluding carboxylic acids is 2. The Bertz CT molecular complexity index is 1150. The summed E-state index contributed by atoms with van der Waals surface area (Å²) in [6.07, 6.45) is 81.7. The zero-order chi connectivity index (χ0) is 52.5. The Labute approximate surface area is 455 Å². The summed E-state index contributed by atoms with van der Waals surface area (Å²) in [5.41, 5.74) is -1.12. The van der Waals surface area contributed by atoms with Gasteiger partial charge in [0.2, 0.25) is 0 Å². The van der Waals surface area contributed by atoms with Crippen LogP contribution in [0.4, 0.5) is 0 Å². The molecule has 6 nitrogen and oxygen atoms in total. The number of aliphatic hydroxyl groups is 2. The average molecular weight is 1030 g/mol. The van der Waals surface area contributed by atoms with Gasteiger partial charge in [-0.15, -0.1) is 0 Å². The quantitative estimate of drug-likeness (QED) is 0.0358. The van der Waals surface area contributed by atoms with Crippen LogP contribution in [0.25, 0.3) is 0 Å². The third-order valence-corrected chi connectivity index (χ3v) is 16.6. The number of cyclic esters (lactones) is 2. The van der Waals surface area contributed by atoms with Crippen molar-refractivity contribution in [3.63, 3.8) is 0 Å². The molecule has 1 saturated heterocycles. The molecule has 1 aliphatic heterocycles. The van der Waals surface area contributed by atoms with Crippen LogP contribution in [0.1, 0.15) is 366 Å². The number of esters is 2. The third-order valence-electron chi connectivity index (χ3n) is 16.6. The summed E-state index contributed by atoms with van der Waals surface area (Å²) < 4.78 is 10.6. The van der Waals surface area contributed by atoms with E-state index in [1.165, 1.54) is 327 Å². The molecule has 0 saturated carbocycles. The highest BCUT2D eigenvalue weighted by molar-refractivity contribution is 5.80. The minimum atomic E-state index is -1.12. The van der Waals surface area contributed by atoms with Crippen molar-refractivity contribution in [1.82, 2.24) is 0 Å². The maximum Gasteiger partial charge on any atom is 0.309 e. The molecule has 73 heavy (non-hydrogen) atoms. The monoisotopic (exact) mass is 1030 g/mol. The first kappa shape index (κ1) is 69.6. The van der Waals surface area contributed by atoms with E-state index >= 15 is 0 Å². The highest BCUT2D eigenvalue weighted by Crippen LogP contribution is 2.25. The van der Waals surface area contributed by atoms with Gasteiger partial charge in [0.05, 0.1) is 31.0 Å². The normalized spacial score (nSPS) is 15.2. The molecule has 0 spiro atoms. The van der Waals surface area contributed by atoms with E-state index < -0.39 is 36.5 Å². The number of unbranched alkanes of at least 4 members (excludes halogenated alkanes) is 52. The maximum atomic E-state index is 12.6. The molecule has 0 amide bonds. The van der Waals surface area contributed by atoms with Crippen LogP contribution >= 0.6 is 0 Å². The summed E-state index contributed by atoms with van der Waals surface area (Å²) in [4.78, 5) is 24.8. The summed E-state index contributed by atoms with van der Waals surface area (Å²) in [7, 11) is 0. The van der Waals surface area contributed by atoms with Gasteiger partial charge in [-0.2, -0.15) is 0 Å². The average Bonchev–Trinajstić information content (AvgIpc) is 3.46. The van der Waals surface area contributed by atoms with Gasteiger partial charge in [-0.05, 0) is 25.7 Å². The smallest absolute Gasteiger partial charge is 0.309 e. The van der Waals surface area contributed by atoms with Crippen LogP contribution < -0.4 is 0 Å². The molecular weight excluding hydrogens is 901 g/mol.